The number of aromatic nitrogens is 2. The third-order valence-electron chi connectivity index (χ3n) is 6.25. The largest absolute Gasteiger partial charge is 0.336 e. The third kappa shape index (κ3) is 3.75. The molecule has 1 saturated carbocycles. The Balaban J connectivity index is 1.39. The Morgan fingerprint density at radius 3 is 2.68 bits per heavy atom. The highest BCUT2D eigenvalue weighted by Crippen LogP contribution is 2.25. The Kier molecular flexibility index (Phi) is 5.08. The van der Waals surface area contributed by atoms with Crippen molar-refractivity contribution in [1.29, 1.82) is 0 Å². The number of piperazine rings is 1. The number of carbonyl (C=O) groups excluding carboxylic acids is 1. The molecule has 1 saturated heterocycles. The molecule has 2 aliphatic heterocycles. The normalized spacial score (nSPS) is 25.3. The predicted molar refractivity (Wildman–Crippen MR) is 97.7 cm³/mol. The minimum absolute atomic E-state index is 0.179. The van der Waals surface area contributed by atoms with Crippen molar-refractivity contribution >= 4 is 5.91 Å². The fourth-order valence-corrected chi connectivity index (χ4v) is 4.50. The molecule has 25 heavy (non-hydrogen) atoms. The lowest BCUT2D eigenvalue weighted by atomic mass is 9.93. The molecule has 0 bridgehead atoms. The Hall–Kier alpha value is -1.40. The molecular weight excluding hydrogens is 314 g/mol. The van der Waals surface area contributed by atoms with Gasteiger partial charge in [-0.3, -0.25) is 9.48 Å². The standard InChI is InChI=1S/C19H31N5O/c1-22-8-10-23(11-9-22)19(25)17-14-21-24-7-6-15(12-18(17)24)13-20-16-4-2-3-5-16/h14-16,20H,2-13H2,1H3. The van der Waals surface area contributed by atoms with Gasteiger partial charge < -0.3 is 15.1 Å². The first-order valence-electron chi connectivity index (χ1n) is 9.96. The van der Waals surface area contributed by atoms with Gasteiger partial charge in [-0.1, -0.05) is 12.8 Å². The molecule has 3 heterocycles. The fourth-order valence-electron chi connectivity index (χ4n) is 4.50. The number of rotatable bonds is 4. The van der Waals surface area contributed by atoms with E-state index in [0.29, 0.717) is 5.92 Å². The number of hydrogen-bond donors (Lipinski definition) is 1. The molecule has 0 aromatic carbocycles. The molecule has 138 valence electrons. The maximum atomic E-state index is 13.0. The van der Waals surface area contributed by atoms with Crippen LogP contribution in [-0.4, -0.2) is 71.3 Å². The van der Waals surface area contributed by atoms with Crippen LogP contribution in [0.4, 0.5) is 0 Å². The van der Waals surface area contributed by atoms with Crippen LogP contribution < -0.4 is 5.32 Å². The molecule has 0 spiro atoms. The van der Waals surface area contributed by atoms with Gasteiger partial charge in [-0.25, -0.2) is 0 Å². The van der Waals surface area contributed by atoms with Gasteiger partial charge in [0.2, 0.25) is 0 Å². The molecule has 6 heteroatoms. The summed E-state index contributed by atoms with van der Waals surface area (Å²) in [6, 6.07) is 0.721. The fraction of sp³-hybridized carbons (Fsp3) is 0.789. The number of fused-ring (bicyclic) bond motifs is 1. The van der Waals surface area contributed by atoms with Crippen molar-refractivity contribution in [2.24, 2.45) is 5.92 Å². The van der Waals surface area contributed by atoms with E-state index in [9.17, 15) is 4.79 Å². The lowest BCUT2D eigenvalue weighted by Crippen LogP contribution is -2.47. The van der Waals surface area contributed by atoms with Gasteiger partial charge in [0.15, 0.2) is 0 Å². The number of amides is 1. The number of carbonyl (C=O) groups is 1. The van der Waals surface area contributed by atoms with Crippen LogP contribution in [0.15, 0.2) is 6.20 Å². The molecule has 1 unspecified atom stereocenters. The summed E-state index contributed by atoms with van der Waals surface area (Å²) in [4.78, 5) is 17.2. The third-order valence-corrected chi connectivity index (χ3v) is 6.25. The van der Waals surface area contributed by atoms with Crippen molar-refractivity contribution in [1.82, 2.24) is 24.9 Å². The van der Waals surface area contributed by atoms with Gasteiger partial charge in [0.1, 0.15) is 0 Å². The molecule has 1 aromatic heterocycles. The van der Waals surface area contributed by atoms with E-state index in [4.69, 9.17) is 0 Å². The molecule has 1 aliphatic carbocycles. The van der Waals surface area contributed by atoms with E-state index in [2.05, 4.69) is 27.0 Å². The van der Waals surface area contributed by atoms with E-state index in [1.165, 1.54) is 25.7 Å². The van der Waals surface area contributed by atoms with Crippen molar-refractivity contribution in [2.75, 3.05) is 39.8 Å². The highest BCUT2D eigenvalue weighted by Gasteiger charge is 2.29. The Morgan fingerprint density at radius 1 is 1.16 bits per heavy atom. The van der Waals surface area contributed by atoms with Crippen LogP contribution in [0.5, 0.6) is 0 Å². The Labute approximate surface area is 150 Å². The van der Waals surface area contributed by atoms with Crippen molar-refractivity contribution in [3.8, 4) is 0 Å². The maximum absolute atomic E-state index is 13.0. The van der Waals surface area contributed by atoms with E-state index in [1.807, 2.05) is 11.1 Å². The first-order chi connectivity index (χ1) is 12.2. The predicted octanol–water partition coefficient (Wildman–Crippen LogP) is 1.37. The van der Waals surface area contributed by atoms with Crippen molar-refractivity contribution < 1.29 is 4.79 Å². The summed E-state index contributed by atoms with van der Waals surface area (Å²) in [5, 5.41) is 8.26. The summed E-state index contributed by atoms with van der Waals surface area (Å²) < 4.78 is 2.06. The summed E-state index contributed by atoms with van der Waals surface area (Å²) in [6.45, 7) is 5.60. The molecule has 3 aliphatic rings. The van der Waals surface area contributed by atoms with Crippen LogP contribution in [0.2, 0.25) is 0 Å². The molecule has 1 atom stereocenters. The monoisotopic (exact) mass is 345 g/mol. The number of nitrogens with zero attached hydrogens (tertiary/aromatic N) is 4. The van der Waals surface area contributed by atoms with Gasteiger partial charge in [-0.15, -0.1) is 0 Å². The van der Waals surface area contributed by atoms with Crippen LogP contribution in [0.3, 0.4) is 0 Å². The molecule has 1 amide bonds. The topological polar surface area (TPSA) is 53.4 Å². The van der Waals surface area contributed by atoms with Gasteiger partial charge in [-0.2, -0.15) is 5.10 Å². The van der Waals surface area contributed by atoms with Gasteiger partial charge in [0.25, 0.3) is 5.91 Å². The highest BCUT2D eigenvalue weighted by molar-refractivity contribution is 5.95. The van der Waals surface area contributed by atoms with Crippen molar-refractivity contribution in [3.63, 3.8) is 0 Å². The zero-order valence-corrected chi connectivity index (χ0v) is 15.4. The zero-order chi connectivity index (χ0) is 17.2. The second-order valence-electron chi connectivity index (χ2n) is 8.07. The van der Waals surface area contributed by atoms with Crippen LogP contribution in [0.1, 0.15) is 48.2 Å². The van der Waals surface area contributed by atoms with Crippen LogP contribution >= 0.6 is 0 Å². The smallest absolute Gasteiger partial charge is 0.257 e. The first-order valence-corrected chi connectivity index (χ1v) is 9.96. The number of aryl methyl sites for hydroxylation is 1. The van der Waals surface area contributed by atoms with E-state index in [0.717, 1.165) is 69.4 Å². The lowest BCUT2D eigenvalue weighted by Gasteiger charge is -2.33. The van der Waals surface area contributed by atoms with Gasteiger partial charge in [0.05, 0.1) is 17.5 Å². The molecular formula is C19H31N5O. The summed E-state index contributed by atoms with van der Waals surface area (Å²) >= 11 is 0. The molecule has 2 fully saturated rings. The SMILES string of the molecule is CN1CCN(C(=O)c2cnn3c2CC(CNC2CCCC2)CC3)CC1. The molecule has 1 N–H and O–H groups in total. The summed E-state index contributed by atoms with van der Waals surface area (Å²) in [6.07, 6.45) is 9.36. The highest BCUT2D eigenvalue weighted by atomic mass is 16.2. The Bertz CT molecular complexity index is 599. The maximum Gasteiger partial charge on any atom is 0.257 e. The van der Waals surface area contributed by atoms with Crippen LogP contribution in [0, 0.1) is 5.92 Å². The second-order valence-corrected chi connectivity index (χ2v) is 8.07. The molecule has 6 nitrogen and oxygen atoms in total. The van der Waals surface area contributed by atoms with E-state index in [1.54, 1.807) is 0 Å². The van der Waals surface area contributed by atoms with Crippen molar-refractivity contribution in [3.05, 3.63) is 17.5 Å². The van der Waals surface area contributed by atoms with Crippen molar-refractivity contribution in [2.45, 2.75) is 51.1 Å². The minimum Gasteiger partial charge on any atom is -0.336 e. The summed E-state index contributed by atoms with van der Waals surface area (Å²) in [7, 11) is 2.12. The summed E-state index contributed by atoms with van der Waals surface area (Å²) in [5.41, 5.74) is 2.00. The molecule has 4 rings (SSSR count). The number of likely N-dealkylation sites (N-methyl/N-ethyl adjacent to an activating group) is 1. The Morgan fingerprint density at radius 2 is 1.92 bits per heavy atom. The van der Waals surface area contributed by atoms with Gasteiger partial charge in [0, 0.05) is 38.8 Å². The quantitative estimate of drug-likeness (QED) is 0.895. The van der Waals surface area contributed by atoms with Crippen LogP contribution in [0.25, 0.3) is 0 Å². The van der Waals surface area contributed by atoms with E-state index >= 15 is 0 Å². The summed E-state index contributed by atoms with van der Waals surface area (Å²) in [5.74, 6) is 0.808. The van der Waals surface area contributed by atoms with Gasteiger partial charge in [-0.05, 0) is 45.2 Å². The second kappa shape index (κ2) is 7.46. The van der Waals surface area contributed by atoms with E-state index < -0.39 is 0 Å². The minimum atomic E-state index is 0.179. The average molecular weight is 345 g/mol. The first kappa shape index (κ1) is 17.0. The number of nitrogens with one attached hydrogen (secondary N) is 1. The molecule has 0 radical (unpaired) electrons. The lowest BCUT2D eigenvalue weighted by molar-refractivity contribution is 0.0662. The van der Waals surface area contributed by atoms with E-state index in [-0.39, 0.29) is 5.91 Å². The number of hydrogen-bond acceptors (Lipinski definition) is 4. The molecule has 1 aromatic rings. The van der Waals surface area contributed by atoms with Crippen LogP contribution in [-0.2, 0) is 13.0 Å². The van der Waals surface area contributed by atoms with Gasteiger partial charge >= 0.3 is 0 Å². The average Bonchev–Trinajstić information content (AvgIpc) is 3.29. The zero-order valence-electron chi connectivity index (χ0n) is 15.4.